The zero-order valence-corrected chi connectivity index (χ0v) is 11.8. The Labute approximate surface area is 111 Å². The van der Waals surface area contributed by atoms with E-state index in [0.717, 1.165) is 9.15 Å². The smallest absolute Gasteiger partial charge is 0 e. The summed E-state index contributed by atoms with van der Waals surface area (Å²) < 4.78 is 0.965. The first-order chi connectivity index (χ1) is 4.61. The van der Waals surface area contributed by atoms with Gasteiger partial charge in [-0.15, -0.1) is 23.8 Å². The fourth-order valence-corrected chi connectivity index (χ4v) is 1.68. The second-order valence-corrected chi connectivity index (χ2v) is 3.48. The largest absolute Gasteiger partial charge is 0.462 e. The van der Waals surface area contributed by atoms with E-state index >= 15 is 0 Å². The van der Waals surface area contributed by atoms with Crippen molar-refractivity contribution in [3.05, 3.63) is 33.2 Å². The van der Waals surface area contributed by atoms with Crippen LogP contribution in [0.25, 0.3) is 0 Å². The molecule has 0 N–H and O–H groups in total. The molecule has 0 amide bonds. The maximum atomic E-state index is 5.81. The monoisotopic (exact) mass is 355 g/mol. The van der Waals surface area contributed by atoms with E-state index in [2.05, 4.69) is 35.4 Å². The summed E-state index contributed by atoms with van der Waals surface area (Å²) in [6.07, 6.45) is 4.82. The summed E-state index contributed by atoms with van der Waals surface area (Å²) in [6, 6.07) is 0. The summed E-state index contributed by atoms with van der Waals surface area (Å²) in [4.78, 5) is 1.79. The van der Waals surface area contributed by atoms with Crippen molar-refractivity contribution in [2.75, 3.05) is 7.05 Å². The van der Waals surface area contributed by atoms with E-state index in [9.17, 15) is 0 Å². The van der Waals surface area contributed by atoms with Gasteiger partial charge in [0, 0.05) is 32.7 Å². The van der Waals surface area contributed by atoms with Crippen LogP contribution < -0.4 is 0 Å². The van der Waals surface area contributed by atoms with Crippen LogP contribution in [-0.2, 0) is 32.7 Å². The molecular weight excluding hydrogens is 349 g/mol. The number of nitrogens with zero attached hydrogens (tertiary/aromatic N) is 1. The average molecular weight is 355 g/mol. The summed E-state index contributed by atoms with van der Waals surface area (Å²) in [5, 5.41) is 0.686. The Morgan fingerprint density at radius 3 is 2.73 bits per heavy atom. The summed E-state index contributed by atoms with van der Waals surface area (Å²) in [7, 11) is 1.88. The van der Waals surface area contributed by atoms with E-state index in [-0.39, 0.29) is 32.7 Å². The third kappa shape index (κ3) is 3.17. The molecule has 1 aliphatic rings. The van der Waals surface area contributed by atoms with Crippen LogP contribution in [0.4, 0.5) is 0 Å². The van der Waals surface area contributed by atoms with Crippen molar-refractivity contribution >= 4 is 34.2 Å². The predicted molar refractivity (Wildman–Crippen MR) is 51.6 cm³/mol. The number of hydrogen-bond donors (Lipinski definition) is 0. The van der Waals surface area contributed by atoms with Crippen LogP contribution in [0.15, 0.2) is 27.0 Å². The molecule has 0 atom stereocenters. The number of allylic oxidation sites excluding steroid dienone is 3. The van der Waals surface area contributed by atoms with E-state index in [1.165, 1.54) is 0 Å². The van der Waals surface area contributed by atoms with Gasteiger partial charge in [0.1, 0.15) is 0 Å². The number of halogens is 2. The Hall–Kier alpha value is 1.14. The van der Waals surface area contributed by atoms with Gasteiger partial charge in [-0.1, -0.05) is 38.6 Å². The van der Waals surface area contributed by atoms with Crippen molar-refractivity contribution < 1.29 is 32.7 Å². The van der Waals surface area contributed by atoms with Gasteiger partial charge in [-0.25, -0.2) is 0 Å². The van der Waals surface area contributed by atoms with Crippen molar-refractivity contribution in [3.8, 4) is 0 Å². The molecule has 0 fully saturated rings. The molecule has 0 aliphatic carbocycles. The number of rotatable bonds is 0. The van der Waals surface area contributed by atoms with Crippen LogP contribution in [0.3, 0.4) is 0 Å². The van der Waals surface area contributed by atoms with Gasteiger partial charge in [0.15, 0.2) is 0 Å². The Bertz CT molecular complexity index is 213. The SMILES string of the molecule is C=C1C(I)=[C-]N(C)C=C1Cl.[Y]. The zero-order chi connectivity index (χ0) is 7.72. The van der Waals surface area contributed by atoms with Gasteiger partial charge in [-0.3, -0.25) is 0 Å². The molecule has 0 aromatic rings. The molecule has 0 spiro atoms. The Kier molecular flexibility index (Phi) is 5.52. The maximum Gasteiger partial charge on any atom is 0 e. The topological polar surface area (TPSA) is 3.24 Å². The van der Waals surface area contributed by atoms with Crippen molar-refractivity contribution in [1.29, 1.82) is 0 Å². The Balaban J connectivity index is 0.000001000. The zero-order valence-electron chi connectivity index (χ0n) is 6.06. The Morgan fingerprint density at radius 1 is 1.73 bits per heavy atom. The van der Waals surface area contributed by atoms with Gasteiger partial charge in [0.05, 0.1) is 0 Å². The minimum atomic E-state index is 0. The number of hydrogen-bond acceptors (Lipinski definition) is 1. The summed E-state index contributed by atoms with van der Waals surface area (Å²) in [6.45, 7) is 3.78. The summed E-state index contributed by atoms with van der Waals surface area (Å²) in [5.41, 5.74) is 0.848. The van der Waals surface area contributed by atoms with Crippen molar-refractivity contribution in [1.82, 2.24) is 4.90 Å². The fraction of sp³-hybridized carbons (Fsp3) is 0.143. The van der Waals surface area contributed by atoms with Crippen LogP contribution in [-0.4, -0.2) is 11.9 Å². The first-order valence-electron chi connectivity index (χ1n) is 2.70. The van der Waals surface area contributed by atoms with E-state index in [1.54, 1.807) is 11.1 Å². The maximum absolute atomic E-state index is 5.81. The van der Waals surface area contributed by atoms with Gasteiger partial charge in [-0.05, 0) is 12.1 Å². The van der Waals surface area contributed by atoms with Crippen LogP contribution in [0.2, 0.25) is 0 Å². The van der Waals surface area contributed by atoms with Gasteiger partial charge < -0.3 is 4.90 Å². The van der Waals surface area contributed by atoms with Gasteiger partial charge >= 0.3 is 0 Å². The van der Waals surface area contributed by atoms with E-state index < -0.39 is 0 Å². The molecule has 0 saturated heterocycles. The molecule has 1 aliphatic heterocycles. The van der Waals surface area contributed by atoms with Crippen LogP contribution in [0, 0.1) is 6.20 Å². The van der Waals surface area contributed by atoms with Gasteiger partial charge in [0.2, 0.25) is 0 Å². The molecule has 1 radical (unpaired) electrons. The first-order valence-corrected chi connectivity index (χ1v) is 4.16. The van der Waals surface area contributed by atoms with Crippen molar-refractivity contribution in [2.45, 2.75) is 0 Å². The molecule has 0 aromatic carbocycles. The quantitative estimate of drug-likeness (QED) is 0.477. The predicted octanol–water partition coefficient (Wildman–Crippen LogP) is 2.65. The molecule has 0 bridgehead atoms. The molecular formula is C7H6ClINY-. The second-order valence-electron chi connectivity index (χ2n) is 1.99. The Morgan fingerprint density at radius 2 is 2.27 bits per heavy atom. The third-order valence-electron chi connectivity index (χ3n) is 1.13. The van der Waals surface area contributed by atoms with Crippen LogP contribution in [0.1, 0.15) is 0 Å². The minimum absolute atomic E-state index is 0. The average Bonchev–Trinajstić information content (AvgIpc) is 1.82. The normalized spacial score (nSPS) is 17.0. The molecule has 1 nitrogen and oxygen atoms in total. The van der Waals surface area contributed by atoms with Gasteiger partial charge in [-0.2, -0.15) is 0 Å². The van der Waals surface area contributed by atoms with Crippen molar-refractivity contribution in [2.24, 2.45) is 0 Å². The molecule has 4 heteroatoms. The van der Waals surface area contributed by atoms with Crippen LogP contribution >= 0.6 is 34.2 Å². The molecule has 1 rings (SSSR count). The fourth-order valence-electron chi connectivity index (χ4n) is 0.607. The molecule has 57 valence electrons. The minimum Gasteiger partial charge on any atom is -0.462 e. The van der Waals surface area contributed by atoms with E-state index in [0.29, 0.717) is 5.03 Å². The van der Waals surface area contributed by atoms with Gasteiger partial charge in [0.25, 0.3) is 0 Å². The molecule has 11 heavy (non-hydrogen) atoms. The van der Waals surface area contributed by atoms with Crippen LogP contribution in [0.5, 0.6) is 0 Å². The second kappa shape index (κ2) is 5.00. The first kappa shape index (κ1) is 12.1. The molecule has 0 unspecified atom stereocenters. The van der Waals surface area contributed by atoms with E-state index in [4.69, 9.17) is 11.6 Å². The summed E-state index contributed by atoms with van der Waals surface area (Å²) in [5.74, 6) is 0. The standard InChI is InChI=1S/C7H6ClIN.Y/c1-5-6(8)3-10(2)4-7(5)9;/h3H,1H2,2H3;/q-1;. The molecule has 0 saturated carbocycles. The summed E-state index contributed by atoms with van der Waals surface area (Å²) >= 11 is 7.96. The molecule has 0 aromatic heterocycles. The molecule has 1 heterocycles. The van der Waals surface area contributed by atoms with E-state index in [1.807, 2.05) is 7.05 Å². The third-order valence-corrected chi connectivity index (χ3v) is 2.35. The van der Waals surface area contributed by atoms with Crippen molar-refractivity contribution in [3.63, 3.8) is 0 Å².